The van der Waals surface area contributed by atoms with Gasteiger partial charge in [-0.25, -0.2) is 8.42 Å². The summed E-state index contributed by atoms with van der Waals surface area (Å²) in [7, 11) is -3.65. The molecule has 98 valence electrons. The number of hydrogen-bond donors (Lipinski definition) is 0. The maximum atomic E-state index is 12.5. The molecule has 0 aromatic heterocycles. The predicted molar refractivity (Wildman–Crippen MR) is 73.0 cm³/mol. The Morgan fingerprint density at radius 3 is 2.16 bits per heavy atom. The Morgan fingerprint density at radius 2 is 1.53 bits per heavy atom. The maximum Gasteiger partial charge on any atom is 0.207 e. The van der Waals surface area contributed by atoms with Crippen LogP contribution in [-0.4, -0.2) is 14.2 Å². The highest BCUT2D eigenvalue weighted by Crippen LogP contribution is 2.24. The first kappa shape index (κ1) is 13.5. The average molecular weight is 274 g/mol. The Bertz CT molecular complexity index is 688. The zero-order valence-corrected chi connectivity index (χ0v) is 11.4. The Kier molecular flexibility index (Phi) is 3.81. The first-order valence-corrected chi connectivity index (χ1v) is 7.48. The van der Waals surface area contributed by atoms with Crippen LogP contribution in [0.4, 0.5) is 0 Å². The zero-order chi connectivity index (χ0) is 13.9. The molecule has 3 nitrogen and oxygen atoms in total. The number of carbonyl (C=O) groups excluding carboxylic acids is 1. The Hall–Kier alpha value is -1.94. The van der Waals surface area contributed by atoms with Gasteiger partial charge in [0.25, 0.3) is 0 Å². The fourth-order valence-electron chi connectivity index (χ4n) is 1.85. The first-order valence-electron chi connectivity index (χ1n) is 5.99. The molecule has 2 rings (SSSR count). The molecular weight excluding hydrogens is 260 g/mol. The molecule has 0 unspecified atom stereocenters. The Morgan fingerprint density at radius 1 is 0.947 bits per heavy atom. The van der Waals surface area contributed by atoms with E-state index in [1.807, 2.05) is 0 Å². The summed E-state index contributed by atoms with van der Waals surface area (Å²) >= 11 is 0. The minimum absolute atomic E-state index is 0.0769. The summed E-state index contributed by atoms with van der Waals surface area (Å²) in [6, 6.07) is 14.5. The van der Waals surface area contributed by atoms with Gasteiger partial charge in [0.15, 0.2) is 5.78 Å². The van der Waals surface area contributed by atoms with E-state index in [0.29, 0.717) is 0 Å². The van der Waals surface area contributed by atoms with Crippen LogP contribution in [0.2, 0.25) is 0 Å². The van der Waals surface area contributed by atoms with E-state index in [0.717, 1.165) is 0 Å². The lowest BCUT2D eigenvalue weighted by Gasteiger charge is -2.09. The van der Waals surface area contributed by atoms with Gasteiger partial charge in [0.05, 0.1) is 9.79 Å². The van der Waals surface area contributed by atoms with Crippen molar-refractivity contribution in [3.05, 3.63) is 60.2 Å². The molecule has 0 spiro atoms. The highest BCUT2D eigenvalue weighted by atomic mass is 32.2. The van der Waals surface area contributed by atoms with Crippen molar-refractivity contribution < 1.29 is 13.2 Å². The summed E-state index contributed by atoms with van der Waals surface area (Å²) in [4.78, 5) is 12.1. The molecule has 0 aliphatic heterocycles. The minimum atomic E-state index is -3.65. The van der Waals surface area contributed by atoms with E-state index < -0.39 is 9.84 Å². The first-order chi connectivity index (χ1) is 9.07. The standard InChI is InChI=1S/C15H14O3S/c1-2-14(16)13-10-6-7-11-15(13)19(17,18)12-8-4-3-5-9-12/h3-11H,2H2,1H3. The molecule has 0 aliphatic carbocycles. The monoisotopic (exact) mass is 274 g/mol. The summed E-state index contributed by atoms with van der Waals surface area (Å²) in [5.41, 5.74) is 0.258. The van der Waals surface area contributed by atoms with E-state index in [9.17, 15) is 13.2 Å². The summed E-state index contributed by atoms with van der Waals surface area (Å²) in [6.45, 7) is 1.72. The van der Waals surface area contributed by atoms with E-state index in [1.165, 1.54) is 18.2 Å². The highest BCUT2D eigenvalue weighted by Gasteiger charge is 2.22. The van der Waals surface area contributed by atoms with Crippen LogP contribution in [0.25, 0.3) is 0 Å². The van der Waals surface area contributed by atoms with Crippen LogP contribution in [0.1, 0.15) is 23.7 Å². The number of Topliss-reactive ketones (excluding diaryl/α,β-unsaturated/α-hetero) is 1. The van der Waals surface area contributed by atoms with Crippen molar-refractivity contribution in [2.75, 3.05) is 0 Å². The third-order valence-electron chi connectivity index (χ3n) is 2.85. The third-order valence-corrected chi connectivity index (χ3v) is 4.68. The number of carbonyl (C=O) groups is 1. The number of benzene rings is 2. The fourth-order valence-corrected chi connectivity index (χ4v) is 3.35. The van der Waals surface area contributed by atoms with Gasteiger partial charge in [-0.3, -0.25) is 4.79 Å². The molecule has 0 bridgehead atoms. The highest BCUT2D eigenvalue weighted by molar-refractivity contribution is 7.91. The maximum absolute atomic E-state index is 12.5. The third kappa shape index (κ3) is 2.58. The van der Waals surface area contributed by atoms with E-state index >= 15 is 0 Å². The topological polar surface area (TPSA) is 51.2 Å². The Labute approximate surface area is 112 Å². The smallest absolute Gasteiger partial charge is 0.207 e. The molecule has 4 heteroatoms. The van der Waals surface area contributed by atoms with Crippen LogP contribution in [0.3, 0.4) is 0 Å². The van der Waals surface area contributed by atoms with E-state index in [4.69, 9.17) is 0 Å². The van der Waals surface area contributed by atoms with Gasteiger partial charge in [-0.15, -0.1) is 0 Å². The second-order valence-corrected chi connectivity index (χ2v) is 6.01. The quantitative estimate of drug-likeness (QED) is 0.805. The van der Waals surface area contributed by atoms with Gasteiger partial charge in [-0.05, 0) is 18.2 Å². The lowest BCUT2D eigenvalue weighted by Crippen LogP contribution is -2.09. The van der Waals surface area contributed by atoms with Crippen molar-refractivity contribution >= 4 is 15.6 Å². The molecule has 0 heterocycles. The molecule has 0 radical (unpaired) electrons. The van der Waals surface area contributed by atoms with E-state index in [2.05, 4.69) is 0 Å². The number of rotatable bonds is 4. The van der Waals surface area contributed by atoms with Gasteiger partial charge >= 0.3 is 0 Å². The van der Waals surface area contributed by atoms with Crippen LogP contribution in [0, 0.1) is 0 Å². The van der Waals surface area contributed by atoms with Crippen LogP contribution in [-0.2, 0) is 9.84 Å². The minimum Gasteiger partial charge on any atom is -0.294 e. The number of sulfone groups is 1. The van der Waals surface area contributed by atoms with Crippen molar-refractivity contribution in [1.29, 1.82) is 0 Å². The molecule has 2 aromatic rings. The number of hydrogen-bond acceptors (Lipinski definition) is 3. The molecule has 0 N–H and O–H groups in total. The normalized spacial score (nSPS) is 11.2. The molecule has 0 amide bonds. The zero-order valence-electron chi connectivity index (χ0n) is 10.5. The van der Waals surface area contributed by atoms with Gasteiger partial charge in [-0.1, -0.05) is 43.3 Å². The predicted octanol–water partition coefficient (Wildman–Crippen LogP) is 3.11. The fraction of sp³-hybridized carbons (Fsp3) is 0.133. The molecule has 0 saturated heterocycles. The second-order valence-electron chi connectivity index (χ2n) is 4.09. The Balaban J connectivity index is 2.63. The van der Waals surface area contributed by atoms with Gasteiger partial charge in [0.1, 0.15) is 0 Å². The van der Waals surface area contributed by atoms with Gasteiger partial charge in [-0.2, -0.15) is 0 Å². The summed E-state index contributed by atoms with van der Waals surface area (Å²) < 4.78 is 25.0. The van der Waals surface area contributed by atoms with Gasteiger partial charge in [0, 0.05) is 12.0 Å². The van der Waals surface area contributed by atoms with Crippen molar-refractivity contribution in [3.63, 3.8) is 0 Å². The molecule has 0 atom stereocenters. The van der Waals surface area contributed by atoms with Crippen molar-refractivity contribution in [2.45, 2.75) is 23.1 Å². The van der Waals surface area contributed by atoms with Crippen LogP contribution >= 0.6 is 0 Å². The van der Waals surface area contributed by atoms with Crippen molar-refractivity contribution in [3.8, 4) is 0 Å². The van der Waals surface area contributed by atoms with E-state index in [-0.39, 0.29) is 27.6 Å². The number of ketones is 1. The van der Waals surface area contributed by atoms with Crippen LogP contribution in [0.5, 0.6) is 0 Å². The molecule has 0 fully saturated rings. The average Bonchev–Trinajstić information content (AvgIpc) is 2.47. The molecule has 0 saturated carbocycles. The second kappa shape index (κ2) is 5.36. The lowest BCUT2D eigenvalue weighted by atomic mass is 10.1. The SMILES string of the molecule is CCC(=O)c1ccccc1S(=O)(=O)c1ccccc1. The van der Waals surface area contributed by atoms with Crippen molar-refractivity contribution in [1.82, 2.24) is 0 Å². The van der Waals surface area contributed by atoms with Crippen molar-refractivity contribution in [2.24, 2.45) is 0 Å². The summed E-state index contributed by atoms with van der Waals surface area (Å²) in [5.74, 6) is -0.171. The molecular formula is C15H14O3S. The molecule has 0 aliphatic rings. The van der Waals surface area contributed by atoms with Crippen LogP contribution < -0.4 is 0 Å². The van der Waals surface area contributed by atoms with Crippen LogP contribution in [0.15, 0.2) is 64.4 Å². The van der Waals surface area contributed by atoms with Gasteiger partial charge < -0.3 is 0 Å². The summed E-state index contributed by atoms with van der Waals surface area (Å²) in [6.07, 6.45) is 0.279. The molecule has 19 heavy (non-hydrogen) atoms. The molecule has 2 aromatic carbocycles. The van der Waals surface area contributed by atoms with E-state index in [1.54, 1.807) is 43.3 Å². The summed E-state index contributed by atoms with van der Waals surface area (Å²) in [5, 5.41) is 0. The lowest BCUT2D eigenvalue weighted by molar-refractivity contribution is 0.0985. The largest absolute Gasteiger partial charge is 0.294 e. The van der Waals surface area contributed by atoms with Gasteiger partial charge in [0.2, 0.25) is 9.84 Å².